The third-order valence-electron chi connectivity index (χ3n) is 2.73. The van der Waals surface area contributed by atoms with Crippen molar-refractivity contribution in [3.8, 4) is 0 Å². The second-order valence-electron chi connectivity index (χ2n) is 7.60. The van der Waals surface area contributed by atoms with Crippen LogP contribution in [0.2, 0.25) is 39.3 Å². The van der Waals surface area contributed by atoms with Gasteiger partial charge in [-0.05, 0) is 12.8 Å². The predicted octanol–water partition coefficient (Wildman–Crippen LogP) is 6.19. The summed E-state index contributed by atoms with van der Waals surface area (Å²) in [4.78, 5) is 0. The summed E-state index contributed by atoms with van der Waals surface area (Å²) in [6.07, 6.45) is 9.19. The van der Waals surface area contributed by atoms with E-state index in [0.29, 0.717) is 0 Å². The van der Waals surface area contributed by atoms with E-state index in [9.17, 15) is 0 Å². The van der Waals surface area contributed by atoms with Crippen LogP contribution < -0.4 is 0 Å². The minimum atomic E-state index is -1.08. The van der Waals surface area contributed by atoms with Crippen molar-refractivity contribution < 1.29 is 0 Å². The average molecular weight is 283 g/mol. The molecule has 0 aromatic carbocycles. The molecular weight excluding hydrogens is 248 g/mol. The van der Waals surface area contributed by atoms with Gasteiger partial charge in [-0.15, -0.1) is 0 Å². The first-order valence-corrected chi connectivity index (χ1v) is 14.7. The quantitative estimate of drug-likeness (QED) is 0.283. The summed E-state index contributed by atoms with van der Waals surface area (Å²) in [6.45, 7) is 16.8. The van der Waals surface area contributed by atoms with Crippen LogP contribution >= 0.6 is 0 Å². The van der Waals surface area contributed by atoms with Gasteiger partial charge < -0.3 is 0 Å². The van der Waals surface area contributed by atoms with Gasteiger partial charge in [-0.1, -0.05) is 88.5 Å². The Morgan fingerprint density at radius 1 is 0.833 bits per heavy atom. The lowest BCUT2D eigenvalue weighted by atomic mass is 10.1. The van der Waals surface area contributed by atoms with Crippen molar-refractivity contribution in [2.24, 2.45) is 0 Å². The number of hydrogen-bond acceptors (Lipinski definition) is 0. The number of hydrogen-bond donors (Lipinski definition) is 0. The Labute approximate surface area is 118 Å². The summed E-state index contributed by atoms with van der Waals surface area (Å²) < 4.78 is 0. The van der Waals surface area contributed by atoms with Gasteiger partial charge in [-0.2, -0.15) is 0 Å². The zero-order valence-corrected chi connectivity index (χ0v) is 15.8. The second kappa shape index (κ2) is 8.16. The highest BCUT2D eigenvalue weighted by Crippen LogP contribution is 2.17. The molecule has 0 fully saturated rings. The molecule has 0 saturated carbocycles. The fourth-order valence-corrected chi connectivity index (χ4v) is 3.94. The van der Waals surface area contributed by atoms with Crippen molar-refractivity contribution in [1.82, 2.24) is 0 Å². The van der Waals surface area contributed by atoms with E-state index in [2.05, 4.69) is 63.7 Å². The summed E-state index contributed by atoms with van der Waals surface area (Å²) in [7, 11) is -2.14. The maximum absolute atomic E-state index is 2.59. The Balaban J connectivity index is 4.55. The lowest BCUT2D eigenvalue weighted by Gasteiger charge is -2.14. The first-order valence-electron chi connectivity index (χ1n) is 7.55. The third-order valence-corrected chi connectivity index (χ3v) is 5.14. The summed E-state index contributed by atoms with van der Waals surface area (Å²) in [5.41, 5.74) is 6.70. The van der Waals surface area contributed by atoms with Crippen LogP contribution in [0, 0.1) is 0 Å². The van der Waals surface area contributed by atoms with Crippen LogP contribution in [0.15, 0.2) is 23.0 Å². The zero-order chi connectivity index (χ0) is 14.2. The van der Waals surface area contributed by atoms with E-state index >= 15 is 0 Å². The molecule has 0 radical (unpaired) electrons. The highest BCUT2D eigenvalue weighted by Gasteiger charge is 2.11. The maximum atomic E-state index is 2.59. The molecule has 0 aliphatic rings. The lowest BCUT2D eigenvalue weighted by Crippen LogP contribution is -2.18. The van der Waals surface area contributed by atoms with E-state index in [1.807, 2.05) is 0 Å². The summed E-state index contributed by atoms with van der Waals surface area (Å²) in [5.74, 6) is 0. The van der Waals surface area contributed by atoms with Gasteiger partial charge in [0, 0.05) is 0 Å². The average Bonchev–Trinajstić information content (AvgIpc) is 2.17. The standard InChI is InChI=1S/C16H34Si2/c1-8-9-10-11-12-16(15-18(5,6)7)13-14-17(2,3)4/h13-15H,8-12H2,1-7H3/b14-13+,16-15+. The molecule has 0 aliphatic carbocycles. The van der Waals surface area contributed by atoms with E-state index in [-0.39, 0.29) is 0 Å². The number of unbranched alkanes of at least 4 members (excludes halogenated alkanes) is 3. The minimum Gasteiger partial charge on any atom is -0.0948 e. The first kappa shape index (κ1) is 17.9. The monoisotopic (exact) mass is 282 g/mol. The summed E-state index contributed by atoms with van der Waals surface area (Å²) in [5, 5.41) is 0. The maximum Gasteiger partial charge on any atom is 0.0690 e. The van der Waals surface area contributed by atoms with Crippen LogP contribution in [0.25, 0.3) is 0 Å². The van der Waals surface area contributed by atoms with E-state index < -0.39 is 16.1 Å². The molecule has 0 aromatic heterocycles. The first-order chi connectivity index (χ1) is 8.14. The van der Waals surface area contributed by atoms with Gasteiger partial charge in [0.2, 0.25) is 0 Å². The smallest absolute Gasteiger partial charge is 0.0690 e. The molecule has 0 saturated heterocycles. The normalized spacial score (nSPS) is 14.5. The van der Waals surface area contributed by atoms with Gasteiger partial charge in [0.05, 0.1) is 16.1 Å². The topological polar surface area (TPSA) is 0 Å². The molecular formula is C16H34Si2. The molecule has 0 bridgehead atoms. The van der Waals surface area contributed by atoms with Crippen LogP contribution in [0.1, 0.15) is 39.0 Å². The number of allylic oxidation sites excluding steroid dienone is 2. The molecule has 0 N–H and O–H groups in total. The van der Waals surface area contributed by atoms with Crippen LogP contribution in [-0.2, 0) is 0 Å². The number of rotatable bonds is 8. The zero-order valence-electron chi connectivity index (χ0n) is 13.8. The van der Waals surface area contributed by atoms with Crippen molar-refractivity contribution in [3.63, 3.8) is 0 Å². The molecule has 0 nitrogen and oxygen atoms in total. The molecule has 0 atom stereocenters. The van der Waals surface area contributed by atoms with Gasteiger partial charge in [-0.25, -0.2) is 0 Å². The predicted molar refractivity (Wildman–Crippen MR) is 92.7 cm³/mol. The molecule has 0 rings (SSSR count). The Kier molecular flexibility index (Phi) is 8.12. The Morgan fingerprint density at radius 2 is 1.44 bits per heavy atom. The molecule has 0 spiro atoms. The lowest BCUT2D eigenvalue weighted by molar-refractivity contribution is 0.668. The van der Waals surface area contributed by atoms with E-state index in [0.717, 1.165) is 0 Å². The van der Waals surface area contributed by atoms with Crippen molar-refractivity contribution in [1.29, 1.82) is 0 Å². The van der Waals surface area contributed by atoms with E-state index in [1.165, 1.54) is 32.1 Å². The van der Waals surface area contributed by atoms with E-state index in [1.54, 1.807) is 5.57 Å². The SMILES string of the molecule is CCCCCCC(/C=C/[Si](C)(C)C)=C\[Si](C)(C)C. The Bertz CT molecular complexity index is 274. The van der Waals surface area contributed by atoms with Gasteiger partial charge in [0.15, 0.2) is 0 Å². The highest BCUT2D eigenvalue weighted by atomic mass is 28.3. The molecule has 2 heteroatoms. The van der Waals surface area contributed by atoms with Crippen molar-refractivity contribution >= 4 is 16.1 Å². The fourth-order valence-electron chi connectivity index (χ4n) is 1.87. The molecule has 0 aromatic rings. The summed E-state index contributed by atoms with van der Waals surface area (Å²) in [6, 6.07) is 0. The van der Waals surface area contributed by atoms with Gasteiger partial charge in [0.1, 0.15) is 0 Å². The molecule has 106 valence electrons. The van der Waals surface area contributed by atoms with Crippen LogP contribution in [0.3, 0.4) is 0 Å². The van der Waals surface area contributed by atoms with Crippen LogP contribution in [0.5, 0.6) is 0 Å². The molecule has 0 aliphatic heterocycles. The van der Waals surface area contributed by atoms with E-state index in [4.69, 9.17) is 0 Å². The van der Waals surface area contributed by atoms with Gasteiger partial charge >= 0.3 is 0 Å². The Morgan fingerprint density at radius 3 is 1.89 bits per heavy atom. The second-order valence-corrected chi connectivity index (χ2v) is 17.7. The van der Waals surface area contributed by atoms with Crippen molar-refractivity contribution in [2.75, 3.05) is 0 Å². The molecule has 0 amide bonds. The fraction of sp³-hybridized carbons (Fsp3) is 0.750. The van der Waals surface area contributed by atoms with Crippen molar-refractivity contribution in [3.05, 3.63) is 23.0 Å². The van der Waals surface area contributed by atoms with Gasteiger partial charge in [-0.3, -0.25) is 0 Å². The largest absolute Gasteiger partial charge is 0.0948 e. The van der Waals surface area contributed by atoms with Crippen molar-refractivity contribution in [2.45, 2.75) is 78.3 Å². The highest BCUT2D eigenvalue weighted by molar-refractivity contribution is 6.81. The molecule has 18 heavy (non-hydrogen) atoms. The third kappa shape index (κ3) is 12.4. The molecule has 0 heterocycles. The van der Waals surface area contributed by atoms with Gasteiger partial charge in [0.25, 0.3) is 0 Å². The van der Waals surface area contributed by atoms with Crippen LogP contribution in [-0.4, -0.2) is 16.1 Å². The Hall–Kier alpha value is -0.0862. The van der Waals surface area contributed by atoms with Crippen LogP contribution in [0.4, 0.5) is 0 Å². The minimum absolute atomic E-state index is 1.06. The summed E-state index contributed by atoms with van der Waals surface area (Å²) >= 11 is 0. The molecule has 0 unspecified atom stereocenters.